The number of hydrogen-bond acceptors (Lipinski definition) is 5. The number of aryl methyl sites for hydroxylation is 1. The SMILES string of the molecule is Cc1ccc(Cl)c(C(=O)N[C@H]2CC[C@@H](Nc3nc(N(C)C)c4ccccc4n3)CC2)c1F. The number of halogens is 2. The van der Waals surface area contributed by atoms with Gasteiger partial charge in [0.2, 0.25) is 5.95 Å². The number of hydrogen-bond donors (Lipinski definition) is 2. The normalized spacial score (nSPS) is 18.4. The molecule has 0 spiro atoms. The molecule has 0 unspecified atom stereocenters. The van der Waals surface area contributed by atoms with E-state index in [9.17, 15) is 9.18 Å². The number of nitrogens with one attached hydrogen (secondary N) is 2. The monoisotopic (exact) mass is 455 g/mol. The van der Waals surface area contributed by atoms with E-state index in [1.807, 2.05) is 43.3 Å². The number of nitrogens with zero attached hydrogens (tertiary/aromatic N) is 3. The molecule has 1 aliphatic carbocycles. The number of carbonyl (C=O) groups is 1. The summed E-state index contributed by atoms with van der Waals surface area (Å²) in [5.41, 5.74) is 1.22. The second-order valence-electron chi connectivity index (χ2n) is 8.50. The predicted molar refractivity (Wildman–Crippen MR) is 127 cm³/mol. The number of carbonyl (C=O) groups excluding carboxylic acids is 1. The van der Waals surface area contributed by atoms with E-state index in [1.165, 1.54) is 0 Å². The van der Waals surface area contributed by atoms with E-state index < -0.39 is 11.7 Å². The van der Waals surface area contributed by atoms with E-state index in [0.717, 1.165) is 42.4 Å². The molecule has 168 valence electrons. The Kier molecular flexibility index (Phi) is 6.46. The smallest absolute Gasteiger partial charge is 0.256 e. The third kappa shape index (κ3) is 4.63. The maximum Gasteiger partial charge on any atom is 0.256 e. The van der Waals surface area contributed by atoms with Crippen LogP contribution in [0.4, 0.5) is 16.2 Å². The second-order valence-corrected chi connectivity index (χ2v) is 8.91. The predicted octanol–water partition coefficient (Wildman–Crippen LogP) is 4.95. The standard InChI is InChI=1S/C24H27ClFN5O/c1-14-8-13-18(25)20(21(14)26)23(32)27-15-9-11-16(12-10-15)28-24-29-19-7-5-4-6-17(19)22(30-24)31(2)3/h4-8,13,15-16H,9-12H2,1-3H3,(H,27,32)(H,28,29,30)/t15-,16+. The van der Waals surface area contributed by atoms with E-state index in [1.54, 1.807) is 19.1 Å². The van der Waals surface area contributed by atoms with Crippen molar-refractivity contribution in [3.8, 4) is 0 Å². The summed E-state index contributed by atoms with van der Waals surface area (Å²) in [5.74, 6) is 0.459. The van der Waals surface area contributed by atoms with Crippen molar-refractivity contribution in [2.75, 3.05) is 24.3 Å². The van der Waals surface area contributed by atoms with Crippen LogP contribution in [0.2, 0.25) is 5.02 Å². The molecule has 4 rings (SSSR count). The molecule has 1 fully saturated rings. The molecular formula is C24H27ClFN5O. The molecule has 0 radical (unpaired) electrons. The largest absolute Gasteiger partial charge is 0.362 e. The third-order valence-corrected chi connectivity index (χ3v) is 6.23. The zero-order valence-corrected chi connectivity index (χ0v) is 19.2. The number of aromatic nitrogens is 2. The van der Waals surface area contributed by atoms with Gasteiger partial charge in [-0.3, -0.25) is 4.79 Å². The van der Waals surface area contributed by atoms with Crippen LogP contribution in [0.5, 0.6) is 0 Å². The molecule has 1 amide bonds. The highest BCUT2D eigenvalue weighted by Crippen LogP contribution is 2.27. The summed E-state index contributed by atoms with van der Waals surface area (Å²) in [4.78, 5) is 24.0. The van der Waals surface area contributed by atoms with Crippen molar-refractivity contribution in [3.05, 3.63) is 58.4 Å². The topological polar surface area (TPSA) is 70.2 Å². The fraction of sp³-hybridized carbons (Fsp3) is 0.375. The minimum atomic E-state index is -0.560. The van der Waals surface area contributed by atoms with Crippen LogP contribution in [-0.4, -0.2) is 42.1 Å². The molecule has 0 bridgehead atoms. The average Bonchev–Trinajstić information content (AvgIpc) is 2.77. The van der Waals surface area contributed by atoms with Crippen LogP contribution in [0.1, 0.15) is 41.6 Å². The minimum Gasteiger partial charge on any atom is -0.362 e. The Morgan fingerprint density at radius 3 is 2.47 bits per heavy atom. The van der Waals surface area contributed by atoms with E-state index >= 15 is 0 Å². The Hall–Kier alpha value is -2.93. The molecular weight excluding hydrogens is 429 g/mol. The number of amides is 1. The number of anilines is 2. The number of fused-ring (bicyclic) bond motifs is 1. The van der Waals surface area contributed by atoms with Gasteiger partial charge in [-0.2, -0.15) is 4.98 Å². The van der Waals surface area contributed by atoms with Gasteiger partial charge >= 0.3 is 0 Å². The Bertz CT molecular complexity index is 1140. The Morgan fingerprint density at radius 2 is 1.75 bits per heavy atom. The Morgan fingerprint density at radius 1 is 1.06 bits per heavy atom. The van der Waals surface area contributed by atoms with Gasteiger partial charge in [-0.1, -0.05) is 29.8 Å². The number of rotatable bonds is 5. The summed E-state index contributed by atoms with van der Waals surface area (Å²) >= 11 is 6.08. The lowest BCUT2D eigenvalue weighted by atomic mass is 9.91. The quantitative estimate of drug-likeness (QED) is 0.569. The van der Waals surface area contributed by atoms with Gasteiger partial charge in [-0.25, -0.2) is 9.37 Å². The summed E-state index contributed by atoms with van der Waals surface area (Å²) in [6, 6.07) is 11.3. The molecule has 8 heteroatoms. The maximum absolute atomic E-state index is 14.4. The molecule has 1 heterocycles. The van der Waals surface area contributed by atoms with E-state index in [4.69, 9.17) is 16.6 Å². The molecule has 1 saturated carbocycles. The highest BCUT2D eigenvalue weighted by atomic mass is 35.5. The van der Waals surface area contributed by atoms with Crippen molar-refractivity contribution in [2.45, 2.75) is 44.7 Å². The lowest BCUT2D eigenvalue weighted by molar-refractivity contribution is 0.0922. The van der Waals surface area contributed by atoms with Gasteiger partial charge < -0.3 is 15.5 Å². The van der Waals surface area contributed by atoms with E-state index in [2.05, 4.69) is 15.6 Å². The van der Waals surface area contributed by atoms with Crippen LogP contribution >= 0.6 is 11.6 Å². The molecule has 2 aromatic carbocycles. The molecule has 3 aromatic rings. The van der Waals surface area contributed by atoms with Crippen LogP contribution in [0.15, 0.2) is 36.4 Å². The summed E-state index contributed by atoms with van der Waals surface area (Å²) in [7, 11) is 3.94. The number of benzene rings is 2. The minimum absolute atomic E-state index is 0.0219. The van der Waals surface area contributed by atoms with Crippen molar-refractivity contribution in [3.63, 3.8) is 0 Å². The maximum atomic E-state index is 14.4. The first-order valence-electron chi connectivity index (χ1n) is 10.8. The lowest BCUT2D eigenvalue weighted by Crippen LogP contribution is -2.40. The van der Waals surface area contributed by atoms with Crippen molar-refractivity contribution in [2.24, 2.45) is 0 Å². The van der Waals surface area contributed by atoms with Gasteiger partial charge in [0.1, 0.15) is 11.6 Å². The van der Waals surface area contributed by atoms with Crippen molar-refractivity contribution in [1.82, 2.24) is 15.3 Å². The van der Waals surface area contributed by atoms with Gasteiger partial charge in [0.15, 0.2) is 0 Å². The molecule has 0 aliphatic heterocycles. The highest BCUT2D eigenvalue weighted by Gasteiger charge is 2.26. The Labute approximate surface area is 192 Å². The molecule has 32 heavy (non-hydrogen) atoms. The third-order valence-electron chi connectivity index (χ3n) is 5.91. The molecule has 2 N–H and O–H groups in total. The zero-order valence-electron chi connectivity index (χ0n) is 18.5. The molecule has 0 saturated heterocycles. The summed E-state index contributed by atoms with van der Waals surface area (Å²) in [6.07, 6.45) is 3.26. The molecule has 1 aromatic heterocycles. The molecule has 1 aliphatic rings. The fourth-order valence-corrected chi connectivity index (χ4v) is 4.38. The number of para-hydroxylation sites is 1. The Balaban J connectivity index is 1.40. The van der Waals surface area contributed by atoms with Crippen LogP contribution in [-0.2, 0) is 0 Å². The van der Waals surface area contributed by atoms with Crippen LogP contribution < -0.4 is 15.5 Å². The lowest BCUT2D eigenvalue weighted by Gasteiger charge is -2.30. The van der Waals surface area contributed by atoms with Crippen LogP contribution in [0, 0.1) is 12.7 Å². The van der Waals surface area contributed by atoms with Gasteiger partial charge in [0, 0.05) is 31.6 Å². The molecule has 0 atom stereocenters. The summed E-state index contributed by atoms with van der Waals surface area (Å²) < 4.78 is 14.4. The highest BCUT2D eigenvalue weighted by molar-refractivity contribution is 6.33. The van der Waals surface area contributed by atoms with Gasteiger partial charge in [0.25, 0.3) is 5.91 Å². The van der Waals surface area contributed by atoms with Gasteiger partial charge in [-0.15, -0.1) is 0 Å². The van der Waals surface area contributed by atoms with E-state index in [-0.39, 0.29) is 22.7 Å². The molecule has 6 nitrogen and oxygen atoms in total. The van der Waals surface area contributed by atoms with Crippen LogP contribution in [0.25, 0.3) is 10.9 Å². The fourth-order valence-electron chi connectivity index (χ4n) is 4.15. The first kappa shape index (κ1) is 22.3. The second kappa shape index (κ2) is 9.28. The van der Waals surface area contributed by atoms with Gasteiger partial charge in [0.05, 0.1) is 16.1 Å². The summed E-state index contributed by atoms with van der Waals surface area (Å²) in [6.45, 7) is 1.62. The van der Waals surface area contributed by atoms with Crippen molar-refractivity contribution in [1.29, 1.82) is 0 Å². The zero-order chi connectivity index (χ0) is 22.8. The van der Waals surface area contributed by atoms with Crippen molar-refractivity contribution < 1.29 is 9.18 Å². The van der Waals surface area contributed by atoms with Gasteiger partial charge in [-0.05, 0) is 56.4 Å². The van der Waals surface area contributed by atoms with E-state index in [0.29, 0.717) is 11.5 Å². The van der Waals surface area contributed by atoms with Crippen molar-refractivity contribution >= 4 is 40.2 Å². The average molecular weight is 456 g/mol. The summed E-state index contributed by atoms with van der Waals surface area (Å²) in [5, 5.41) is 7.55. The first-order chi connectivity index (χ1) is 15.3. The first-order valence-corrected chi connectivity index (χ1v) is 11.2. The van der Waals surface area contributed by atoms with Crippen LogP contribution in [0.3, 0.4) is 0 Å².